The van der Waals surface area contributed by atoms with Crippen LogP contribution in [0.25, 0.3) is 10.4 Å². The summed E-state index contributed by atoms with van der Waals surface area (Å²) in [6.45, 7) is 6.20. The number of azide groups is 1. The fourth-order valence-electron chi connectivity index (χ4n) is 0.924. The van der Waals surface area contributed by atoms with E-state index in [2.05, 4.69) is 23.5 Å². The van der Waals surface area contributed by atoms with Crippen molar-refractivity contribution in [3.05, 3.63) is 23.1 Å². The second-order valence-corrected chi connectivity index (χ2v) is 2.91. The number of aliphatic hydroxyl groups excluding tert-OH is 1. The SMILES string of the molecule is C=C[C@@H](OCCCC)[C@H](O)CN=[N+]=[N-]. The lowest BCUT2D eigenvalue weighted by Crippen LogP contribution is -2.29. The van der Waals surface area contributed by atoms with Gasteiger partial charge in [0.2, 0.25) is 0 Å². The van der Waals surface area contributed by atoms with Gasteiger partial charge in [0.15, 0.2) is 0 Å². The minimum absolute atomic E-state index is 0.0132. The van der Waals surface area contributed by atoms with E-state index in [0.29, 0.717) is 6.61 Å². The highest BCUT2D eigenvalue weighted by molar-refractivity contribution is 4.87. The topological polar surface area (TPSA) is 78.2 Å². The van der Waals surface area contributed by atoms with E-state index < -0.39 is 12.2 Å². The van der Waals surface area contributed by atoms with E-state index in [9.17, 15) is 5.11 Å². The number of hydrogen-bond acceptors (Lipinski definition) is 3. The lowest BCUT2D eigenvalue weighted by atomic mass is 10.2. The van der Waals surface area contributed by atoms with Crippen molar-refractivity contribution < 1.29 is 9.84 Å². The van der Waals surface area contributed by atoms with E-state index >= 15 is 0 Å². The van der Waals surface area contributed by atoms with Crippen molar-refractivity contribution >= 4 is 0 Å². The van der Waals surface area contributed by atoms with E-state index in [0.717, 1.165) is 12.8 Å². The quantitative estimate of drug-likeness (QED) is 0.213. The monoisotopic (exact) mass is 199 g/mol. The predicted molar refractivity (Wildman–Crippen MR) is 54.9 cm³/mol. The van der Waals surface area contributed by atoms with Crippen LogP contribution in [0, 0.1) is 0 Å². The minimum Gasteiger partial charge on any atom is -0.390 e. The number of aliphatic hydroxyl groups is 1. The van der Waals surface area contributed by atoms with Crippen molar-refractivity contribution in [1.29, 1.82) is 0 Å². The summed E-state index contributed by atoms with van der Waals surface area (Å²) in [7, 11) is 0. The summed E-state index contributed by atoms with van der Waals surface area (Å²) in [5, 5.41) is 12.7. The standard InChI is InChI=1S/C9H17N3O2/c1-3-5-6-14-9(4-2)8(13)7-11-12-10/h4,8-9,13H,2-3,5-7H2,1H3/t8-,9-/m1/s1. The van der Waals surface area contributed by atoms with Crippen LogP contribution in [0.4, 0.5) is 0 Å². The molecular weight excluding hydrogens is 182 g/mol. The maximum absolute atomic E-state index is 9.48. The van der Waals surface area contributed by atoms with Crippen LogP contribution in [0.3, 0.4) is 0 Å². The van der Waals surface area contributed by atoms with Crippen LogP contribution >= 0.6 is 0 Å². The van der Waals surface area contributed by atoms with Crippen LogP contribution in [0.15, 0.2) is 17.8 Å². The van der Waals surface area contributed by atoms with Gasteiger partial charge >= 0.3 is 0 Å². The summed E-state index contributed by atoms with van der Waals surface area (Å²) < 4.78 is 5.34. The normalized spacial score (nSPS) is 14.1. The molecule has 0 fully saturated rings. The zero-order valence-corrected chi connectivity index (χ0v) is 8.46. The molecule has 0 aromatic carbocycles. The molecule has 5 heteroatoms. The maximum Gasteiger partial charge on any atom is 0.101 e. The Kier molecular flexibility index (Phi) is 7.93. The first-order valence-corrected chi connectivity index (χ1v) is 4.69. The Morgan fingerprint density at radius 3 is 2.93 bits per heavy atom. The minimum atomic E-state index is -0.805. The number of hydrogen-bond donors (Lipinski definition) is 1. The molecule has 5 nitrogen and oxygen atoms in total. The van der Waals surface area contributed by atoms with Gasteiger partial charge < -0.3 is 9.84 Å². The van der Waals surface area contributed by atoms with Crippen LogP contribution in [0.2, 0.25) is 0 Å². The largest absolute Gasteiger partial charge is 0.390 e. The molecule has 0 aromatic heterocycles. The van der Waals surface area contributed by atoms with Crippen molar-refractivity contribution in [1.82, 2.24) is 0 Å². The molecule has 2 atom stereocenters. The van der Waals surface area contributed by atoms with E-state index in [4.69, 9.17) is 10.3 Å². The first-order chi connectivity index (χ1) is 6.76. The molecule has 0 spiro atoms. The van der Waals surface area contributed by atoms with Crippen LogP contribution in [-0.4, -0.2) is 30.5 Å². The lowest BCUT2D eigenvalue weighted by Gasteiger charge is -2.18. The predicted octanol–water partition coefficient (Wildman–Crippen LogP) is 2.03. The van der Waals surface area contributed by atoms with Crippen molar-refractivity contribution in [3.63, 3.8) is 0 Å². The summed E-state index contributed by atoms with van der Waals surface area (Å²) in [4.78, 5) is 2.56. The summed E-state index contributed by atoms with van der Waals surface area (Å²) in [6.07, 6.45) is 2.24. The molecule has 0 aromatic rings. The number of unbranched alkanes of at least 4 members (excludes halogenated alkanes) is 1. The smallest absolute Gasteiger partial charge is 0.101 e. The van der Waals surface area contributed by atoms with Crippen LogP contribution < -0.4 is 0 Å². The molecule has 0 unspecified atom stereocenters. The molecule has 0 radical (unpaired) electrons. The van der Waals surface area contributed by atoms with Gasteiger partial charge in [-0.25, -0.2) is 0 Å². The van der Waals surface area contributed by atoms with E-state index in [-0.39, 0.29) is 6.54 Å². The molecule has 14 heavy (non-hydrogen) atoms. The Bertz CT molecular complexity index is 202. The van der Waals surface area contributed by atoms with Crippen molar-refractivity contribution in [2.45, 2.75) is 32.0 Å². The Morgan fingerprint density at radius 1 is 1.71 bits per heavy atom. The first kappa shape index (κ1) is 13.0. The Morgan fingerprint density at radius 2 is 2.43 bits per heavy atom. The van der Waals surface area contributed by atoms with Crippen molar-refractivity contribution in [2.75, 3.05) is 13.2 Å². The zero-order chi connectivity index (χ0) is 10.8. The van der Waals surface area contributed by atoms with Gasteiger partial charge in [-0.2, -0.15) is 0 Å². The van der Waals surface area contributed by atoms with Gasteiger partial charge in [-0.1, -0.05) is 24.5 Å². The highest BCUT2D eigenvalue weighted by Crippen LogP contribution is 2.03. The van der Waals surface area contributed by atoms with E-state index in [1.807, 2.05) is 0 Å². The molecule has 0 saturated carbocycles. The summed E-state index contributed by atoms with van der Waals surface area (Å²) in [5.74, 6) is 0. The second-order valence-electron chi connectivity index (χ2n) is 2.91. The molecule has 0 amide bonds. The number of rotatable bonds is 8. The van der Waals surface area contributed by atoms with Crippen molar-refractivity contribution in [3.8, 4) is 0 Å². The van der Waals surface area contributed by atoms with Gasteiger partial charge in [0.05, 0.1) is 12.6 Å². The number of ether oxygens (including phenoxy) is 1. The molecule has 0 rings (SSSR count). The molecule has 0 heterocycles. The van der Waals surface area contributed by atoms with E-state index in [1.54, 1.807) is 0 Å². The molecular formula is C9H17N3O2. The summed E-state index contributed by atoms with van der Waals surface area (Å²) in [5.41, 5.74) is 8.06. The fraction of sp³-hybridized carbons (Fsp3) is 0.778. The molecule has 1 N–H and O–H groups in total. The van der Waals surface area contributed by atoms with Crippen LogP contribution in [-0.2, 0) is 4.74 Å². The Balaban J connectivity index is 3.85. The van der Waals surface area contributed by atoms with Gasteiger partial charge in [0.1, 0.15) is 6.10 Å². The van der Waals surface area contributed by atoms with Crippen molar-refractivity contribution in [2.24, 2.45) is 5.11 Å². The molecule has 0 saturated heterocycles. The fourth-order valence-corrected chi connectivity index (χ4v) is 0.924. The highest BCUT2D eigenvalue weighted by Gasteiger charge is 2.14. The highest BCUT2D eigenvalue weighted by atomic mass is 16.5. The molecule has 80 valence electrons. The average molecular weight is 199 g/mol. The lowest BCUT2D eigenvalue weighted by molar-refractivity contribution is -0.00618. The van der Waals surface area contributed by atoms with Crippen LogP contribution in [0.1, 0.15) is 19.8 Å². The van der Waals surface area contributed by atoms with Gasteiger partial charge in [-0.15, -0.1) is 6.58 Å². The third kappa shape index (κ3) is 5.59. The van der Waals surface area contributed by atoms with Gasteiger partial charge in [0.25, 0.3) is 0 Å². The number of nitrogens with zero attached hydrogens (tertiary/aromatic N) is 3. The Hall–Kier alpha value is -1.03. The zero-order valence-electron chi connectivity index (χ0n) is 8.46. The molecule has 0 aliphatic rings. The van der Waals surface area contributed by atoms with Gasteiger partial charge in [0, 0.05) is 11.5 Å². The summed E-state index contributed by atoms with van der Waals surface area (Å²) in [6, 6.07) is 0. The van der Waals surface area contributed by atoms with Gasteiger partial charge in [-0.05, 0) is 12.0 Å². The molecule has 0 bridgehead atoms. The third-order valence-corrected chi connectivity index (χ3v) is 1.75. The Labute approximate surface area is 84.0 Å². The van der Waals surface area contributed by atoms with Crippen LogP contribution in [0.5, 0.6) is 0 Å². The van der Waals surface area contributed by atoms with Gasteiger partial charge in [-0.3, -0.25) is 0 Å². The third-order valence-electron chi connectivity index (χ3n) is 1.75. The molecule has 0 aliphatic carbocycles. The average Bonchev–Trinajstić information content (AvgIpc) is 2.21. The summed E-state index contributed by atoms with van der Waals surface area (Å²) >= 11 is 0. The molecule has 0 aliphatic heterocycles. The first-order valence-electron chi connectivity index (χ1n) is 4.69. The van der Waals surface area contributed by atoms with E-state index in [1.165, 1.54) is 6.08 Å². The second kappa shape index (κ2) is 8.56. The maximum atomic E-state index is 9.48.